The number of carbonyl (C=O) groups is 3. The molecule has 3 aromatic rings. The quantitative estimate of drug-likeness (QED) is 0.637. The number of fused-ring (bicyclic) bond motifs is 2. The molecular formula is C25H20FN3O3S. The zero-order valence-corrected chi connectivity index (χ0v) is 18.6. The van der Waals surface area contributed by atoms with Gasteiger partial charge in [0.15, 0.2) is 0 Å². The van der Waals surface area contributed by atoms with Gasteiger partial charge in [0.05, 0.1) is 11.4 Å². The number of nitrogens with zero attached hydrogens (tertiary/aromatic N) is 2. The largest absolute Gasteiger partial charge is 0.325 e. The smallest absolute Gasteiger partial charge is 0.269 e. The van der Waals surface area contributed by atoms with Crippen molar-refractivity contribution < 1.29 is 18.8 Å². The predicted octanol–water partition coefficient (Wildman–Crippen LogP) is 4.05. The number of nitrogens with one attached hydrogen (secondary N) is 1. The molecule has 3 amide bonds. The standard InChI is InChI=1S/C25H20FN3O3S/c1-16-6-10-18(11-7-16)27-22(30)14-28-21-5-3-2-4-20(21)25(24(28)32)29(23(31)15-33-25)19-12-8-17(26)9-13-19/h2-13H,14-15H2,1H3,(H,27,30). The summed E-state index contributed by atoms with van der Waals surface area (Å²) < 4.78 is 13.5. The van der Waals surface area contributed by atoms with Crippen molar-refractivity contribution in [2.75, 3.05) is 27.4 Å². The summed E-state index contributed by atoms with van der Waals surface area (Å²) >= 11 is 1.21. The Morgan fingerprint density at radius 2 is 1.73 bits per heavy atom. The van der Waals surface area contributed by atoms with Crippen LogP contribution in [0.5, 0.6) is 0 Å². The maximum atomic E-state index is 13.9. The fraction of sp³-hybridized carbons (Fsp3) is 0.160. The van der Waals surface area contributed by atoms with Crippen LogP contribution in [-0.4, -0.2) is 30.0 Å². The second-order valence-electron chi connectivity index (χ2n) is 7.96. The van der Waals surface area contributed by atoms with Crippen LogP contribution >= 0.6 is 11.8 Å². The van der Waals surface area contributed by atoms with E-state index in [0.29, 0.717) is 22.6 Å². The van der Waals surface area contributed by atoms with Gasteiger partial charge >= 0.3 is 0 Å². The lowest BCUT2D eigenvalue weighted by Crippen LogP contribution is -2.50. The minimum atomic E-state index is -1.34. The highest BCUT2D eigenvalue weighted by Crippen LogP contribution is 2.55. The molecule has 3 aromatic carbocycles. The van der Waals surface area contributed by atoms with Crippen molar-refractivity contribution in [3.8, 4) is 0 Å². The van der Waals surface area contributed by atoms with E-state index < -0.39 is 10.7 Å². The average molecular weight is 462 g/mol. The summed E-state index contributed by atoms with van der Waals surface area (Å²) in [4.78, 5) is 41.1. The minimum Gasteiger partial charge on any atom is -0.325 e. The molecule has 1 spiro atoms. The number of thioether (sulfide) groups is 1. The first-order valence-corrected chi connectivity index (χ1v) is 11.4. The molecule has 2 aliphatic heterocycles. The summed E-state index contributed by atoms with van der Waals surface area (Å²) in [6.45, 7) is 1.76. The molecule has 2 heterocycles. The van der Waals surface area contributed by atoms with Gasteiger partial charge in [0.2, 0.25) is 16.7 Å². The van der Waals surface area contributed by atoms with Crippen molar-refractivity contribution in [3.63, 3.8) is 0 Å². The van der Waals surface area contributed by atoms with Crippen molar-refractivity contribution in [1.82, 2.24) is 0 Å². The van der Waals surface area contributed by atoms with Crippen LogP contribution in [0.1, 0.15) is 11.1 Å². The maximum absolute atomic E-state index is 13.9. The van der Waals surface area contributed by atoms with E-state index in [1.54, 1.807) is 36.4 Å². The molecule has 1 saturated heterocycles. The van der Waals surface area contributed by atoms with Crippen molar-refractivity contribution >= 4 is 46.5 Å². The monoisotopic (exact) mass is 461 g/mol. The van der Waals surface area contributed by atoms with Crippen LogP contribution in [0, 0.1) is 12.7 Å². The van der Waals surface area contributed by atoms with Crippen LogP contribution in [0.3, 0.4) is 0 Å². The zero-order chi connectivity index (χ0) is 23.2. The minimum absolute atomic E-state index is 0.0981. The number of hydrogen-bond acceptors (Lipinski definition) is 4. The van der Waals surface area contributed by atoms with E-state index in [1.165, 1.54) is 45.8 Å². The van der Waals surface area contributed by atoms with E-state index in [9.17, 15) is 18.8 Å². The summed E-state index contributed by atoms with van der Waals surface area (Å²) in [7, 11) is 0. The Balaban J connectivity index is 1.50. The Labute approximate surface area is 194 Å². The first-order chi connectivity index (χ1) is 15.9. The van der Waals surface area contributed by atoms with Gasteiger partial charge in [-0.3, -0.25) is 24.2 Å². The van der Waals surface area contributed by atoms with Gasteiger partial charge < -0.3 is 5.32 Å². The number of rotatable bonds is 4. The molecule has 8 heteroatoms. The third-order valence-corrected chi connectivity index (χ3v) is 7.17. The van der Waals surface area contributed by atoms with E-state index in [2.05, 4.69) is 5.32 Å². The number of benzene rings is 3. The first-order valence-electron chi connectivity index (χ1n) is 10.4. The fourth-order valence-corrected chi connectivity index (χ4v) is 5.64. The van der Waals surface area contributed by atoms with E-state index in [0.717, 1.165) is 5.56 Å². The second kappa shape index (κ2) is 8.04. The van der Waals surface area contributed by atoms with Crippen molar-refractivity contribution in [2.24, 2.45) is 0 Å². The van der Waals surface area contributed by atoms with Gasteiger partial charge in [-0.2, -0.15) is 0 Å². The molecule has 1 N–H and O–H groups in total. The Kier molecular flexibility index (Phi) is 5.17. The Hall–Kier alpha value is -3.65. The van der Waals surface area contributed by atoms with Crippen molar-refractivity contribution in [2.45, 2.75) is 11.8 Å². The van der Waals surface area contributed by atoms with E-state index in [-0.39, 0.29) is 30.0 Å². The van der Waals surface area contributed by atoms with Gasteiger partial charge in [0.1, 0.15) is 12.4 Å². The van der Waals surface area contributed by atoms with E-state index in [4.69, 9.17) is 0 Å². The lowest BCUT2D eigenvalue weighted by molar-refractivity contribution is -0.124. The molecule has 0 aliphatic carbocycles. The van der Waals surface area contributed by atoms with Crippen LogP contribution in [0.2, 0.25) is 0 Å². The number of aryl methyl sites for hydroxylation is 1. The summed E-state index contributed by atoms with van der Waals surface area (Å²) in [6, 6.07) is 20.1. The van der Waals surface area contributed by atoms with Crippen LogP contribution < -0.4 is 15.1 Å². The third-order valence-electron chi connectivity index (χ3n) is 5.79. The maximum Gasteiger partial charge on any atom is 0.269 e. The summed E-state index contributed by atoms with van der Waals surface area (Å²) in [6.07, 6.45) is 0. The highest BCUT2D eigenvalue weighted by molar-refractivity contribution is 8.02. The van der Waals surface area contributed by atoms with Crippen LogP contribution in [-0.2, 0) is 19.3 Å². The second-order valence-corrected chi connectivity index (χ2v) is 9.13. The van der Waals surface area contributed by atoms with E-state index in [1.807, 2.05) is 19.1 Å². The molecule has 33 heavy (non-hydrogen) atoms. The number of carbonyl (C=O) groups excluding carboxylic acids is 3. The van der Waals surface area contributed by atoms with Gasteiger partial charge in [-0.25, -0.2) is 4.39 Å². The molecular weight excluding hydrogens is 441 g/mol. The Bertz CT molecular complexity index is 1260. The van der Waals surface area contributed by atoms with Crippen molar-refractivity contribution in [3.05, 3.63) is 89.7 Å². The SMILES string of the molecule is Cc1ccc(NC(=O)CN2C(=O)C3(SCC(=O)N3c3ccc(F)cc3)c3ccccc32)cc1. The lowest BCUT2D eigenvalue weighted by atomic mass is 10.0. The Morgan fingerprint density at radius 3 is 2.45 bits per heavy atom. The molecule has 1 fully saturated rings. The topological polar surface area (TPSA) is 69.7 Å². The molecule has 0 aromatic heterocycles. The van der Waals surface area contributed by atoms with Gasteiger partial charge in [-0.15, -0.1) is 11.8 Å². The molecule has 166 valence electrons. The third kappa shape index (κ3) is 3.47. The highest BCUT2D eigenvalue weighted by Gasteiger charge is 2.61. The molecule has 0 bridgehead atoms. The summed E-state index contributed by atoms with van der Waals surface area (Å²) in [5.41, 5.74) is 3.36. The fourth-order valence-electron chi connectivity index (χ4n) is 4.28. The van der Waals surface area contributed by atoms with Crippen LogP contribution in [0.25, 0.3) is 0 Å². The van der Waals surface area contributed by atoms with Gasteiger partial charge in [0.25, 0.3) is 5.91 Å². The zero-order valence-electron chi connectivity index (χ0n) is 17.7. The van der Waals surface area contributed by atoms with E-state index >= 15 is 0 Å². The predicted molar refractivity (Wildman–Crippen MR) is 127 cm³/mol. The molecule has 1 atom stereocenters. The highest BCUT2D eigenvalue weighted by atomic mass is 32.2. The van der Waals surface area contributed by atoms with Crippen molar-refractivity contribution in [1.29, 1.82) is 0 Å². The molecule has 0 radical (unpaired) electrons. The number of halogens is 1. The average Bonchev–Trinajstić information content (AvgIpc) is 3.27. The van der Waals surface area contributed by atoms with Crippen LogP contribution in [0.15, 0.2) is 72.8 Å². The van der Waals surface area contributed by atoms with Gasteiger partial charge in [0, 0.05) is 16.9 Å². The van der Waals surface area contributed by atoms with Crippen LogP contribution in [0.4, 0.5) is 21.5 Å². The molecule has 5 rings (SSSR count). The molecule has 6 nitrogen and oxygen atoms in total. The summed E-state index contributed by atoms with van der Waals surface area (Å²) in [5.74, 6) is -1.30. The molecule has 1 unspecified atom stereocenters. The Morgan fingerprint density at radius 1 is 1.03 bits per heavy atom. The van der Waals surface area contributed by atoms with Gasteiger partial charge in [-0.1, -0.05) is 35.9 Å². The first kappa shape index (κ1) is 21.2. The summed E-state index contributed by atoms with van der Waals surface area (Å²) in [5, 5.41) is 2.82. The van der Waals surface area contributed by atoms with Gasteiger partial charge in [-0.05, 0) is 49.4 Å². The number of anilines is 3. The number of hydrogen-bond donors (Lipinski definition) is 1. The number of para-hydroxylation sites is 1. The lowest BCUT2D eigenvalue weighted by Gasteiger charge is -2.33. The molecule has 0 saturated carbocycles. The normalized spacial score (nSPS) is 19.3. The number of amides is 3. The molecule has 2 aliphatic rings.